The van der Waals surface area contributed by atoms with Crippen molar-refractivity contribution in [3.8, 4) is 11.3 Å². The van der Waals surface area contributed by atoms with Crippen LogP contribution in [0.2, 0.25) is 0 Å². The van der Waals surface area contributed by atoms with Gasteiger partial charge in [0.1, 0.15) is 5.69 Å². The minimum absolute atomic E-state index is 0.268. The number of nitrogens with one attached hydrogen (secondary N) is 1. The third-order valence-corrected chi connectivity index (χ3v) is 3.85. The Hall–Kier alpha value is -2.96. The van der Waals surface area contributed by atoms with Crippen molar-refractivity contribution in [2.24, 2.45) is 14.1 Å². The molecule has 1 N–H and O–H groups in total. The van der Waals surface area contributed by atoms with E-state index in [4.69, 9.17) is 0 Å². The molecule has 0 aliphatic heterocycles. The Morgan fingerprint density at radius 1 is 1.08 bits per heavy atom. The van der Waals surface area contributed by atoms with Gasteiger partial charge >= 0.3 is 0 Å². The molecule has 0 bridgehead atoms. The number of carbonyl (C=O) groups is 1. The molecule has 0 aromatic carbocycles. The Morgan fingerprint density at radius 3 is 2.42 bits per heavy atom. The van der Waals surface area contributed by atoms with Crippen molar-refractivity contribution in [1.29, 1.82) is 0 Å². The maximum absolute atomic E-state index is 12.6. The standard InChI is InChI=1S/C17H20N6O/c1-10-8-13(14-9-11(2)20-23(14)5)12(3)16(18-10)17(24)19-15-6-7-22(4)21-15/h6-9H,1-5H3,(H,19,21,24). The highest BCUT2D eigenvalue weighted by Gasteiger charge is 2.18. The second-order valence-corrected chi connectivity index (χ2v) is 5.91. The zero-order chi connectivity index (χ0) is 17.4. The summed E-state index contributed by atoms with van der Waals surface area (Å²) in [5.41, 5.74) is 4.84. The first-order valence-electron chi connectivity index (χ1n) is 7.65. The third kappa shape index (κ3) is 2.92. The van der Waals surface area contributed by atoms with E-state index in [1.807, 2.05) is 44.6 Å². The first-order chi connectivity index (χ1) is 11.3. The Labute approximate surface area is 140 Å². The molecule has 0 saturated heterocycles. The number of aryl methyl sites for hydroxylation is 4. The molecule has 0 fully saturated rings. The lowest BCUT2D eigenvalue weighted by Crippen LogP contribution is -2.17. The molecule has 3 aromatic heterocycles. The fraction of sp³-hybridized carbons (Fsp3) is 0.294. The average Bonchev–Trinajstić information content (AvgIpc) is 3.06. The molecular weight excluding hydrogens is 304 g/mol. The number of aromatic nitrogens is 5. The summed E-state index contributed by atoms with van der Waals surface area (Å²) in [4.78, 5) is 17.0. The summed E-state index contributed by atoms with van der Waals surface area (Å²) >= 11 is 0. The topological polar surface area (TPSA) is 77.6 Å². The van der Waals surface area contributed by atoms with Crippen LogP contribution in [0.4, 0.5) is 5.82 Å². The smallest absolute Gasteiger partial charge is 0.275 e. The van der Waals surface area contributed by atoms with Crippen LogP contribution < -0.4 is 5.32 Å². The van der Waals surface area contributed by atoms with Crippen LogP contribution in [0.25, 0.3) is 11.3 Å². The van der Waals surface area contributed by atoms with Gasteiger partial charge in [0.2, 0.25) is 0 Å². The van der Waals surface area contributed by atoms with E-state index < -0.39 is 0 Å². The van der Waals surface area contributed by atoms with Gasteiger partial charge in [-0.25, -0.2) is 4.98 Å². The largest absolute Gasteiger partial charge is 0.304 e. The molecule has 1 amide bonds. The predicted molar refractivity (Wildman–Crippen MR) is 91.8 cm³/mol. The van der Waals surface area contributed by atoms with Gasteiger partial charge in [-0.1, -0.05) is 0 Å². The van der Waals surface area contributed by atoms with Gasteiger partial charge in [0.25, 0.3) is 5.91 Å². The van der Waals surface area contributed by atoms with Crippen LogP contribution >= 0.6 is 0 Å². The van der Waals surface area contributed by atoms with E-state index in [2.05, 4.69) is 20.5 Å². The lowest BCUT2D eigenvalue weighted by atomic mass is 10.0. The SMILES string of the molecule is Cc1cc(-c2cc(C)nn2C)c(C)c(C(=O)Nc2ccn(C)n2)n1. The molecule has 3 heterocycles. The molecule has 0 radical (unpaired) electrons. The summed E-state index contributed by atoms with van der Waals surface area (Å²) in [5, 5.41) is 11.3. The van der Waals surface area contributed by atoms with Crippen molar-refractivity contribution in [2.45, 2.75) is 20.8 Å². The number of nitrogens with zero attached hydrogens (tertiary/aromatic N) is 5. The third-order valence-electron chi connectivity index (χ3n) is 3.85. The fourth-order valence-corrected chi connectivity index (χ4v) is 2.74. The van der Waals surface area contributed by atoms with Crippen LogP contribution in [0.15, 0.2) is 24.4 Å². The molecule has 0 aliphatic rings. The Bertz CT molecular complexity index is 921. The van der Waals surface area contributed by atoms with Crippen LogP contribution in [-0.2, 0) is 14.1 Å². The highest BCUT2D eigenvalue weighted by molar-refractivity contribution is 6.04. The van der Waals surface area contributed by atoms with Gasteiger partial charge in [-0.3, -0.25) is 14.2 Å². The number of hydrogen-bond donors (Lipinski definition) is 1. The second-order valence-electron chi connectivity index (χ2n) is 5.91. The van der Waals surface area contributed by atoms with Gasteiger partial charge in [0.05, 0.1) is 11.4 Å². The lowest BCUT2D eigenvalue weighted by Gasteiger charge is -2.12. The molecule has 0 aliphatic carbocycles. The van der Waals surface area contributed by atoms with Crippen molar-refractivity contribution in [3.05, 3.63) is 47.0 Å². The van der Waals surface area contributed by atoms with E-state index >= 15 is 0 Å². The molecule has 7 heteroatoms. The summed E-state index contributed by atoms with van der Waals surface area (Å²) in [7, 11) is 3.69. The first-order valence-corrected chi connectivity index (χ1v) is 7.65. The van der Waals surface area contributed by atoms with Gasteiger partial charge in [-0.05, 0) is 38.5 Å². The normalized spacial score (nSPS) is 10.9. The summed E-state index contributed by atoms with van der Waals surface area (Å²) in [6, 6.07) is 5.72. The summed E-state index contributed by atoms with van der Waals surface area (Å²) in [6.07, 6.45) is 1.77. The molecule has 0 unspecified atom stereocenters. The van der Waals surface area contributed by atoms with Gasteiger partial charge < -0.3 is 5.32 Å². The van der Waals surface area contributed by atoms with E-state index in [0.717, 1.165) is 28.2 Å². The first kappa shape index (κ1) is 15.9. The Morgan fingerprint density at radius 2 is 1.83 bits per heavy atom. The summed E-state index contributed by atoms with van der Waals surface area (Å²) < 4.78 is 3.45. The summed E-state index contributed by atoms with van der Waals surface area (Å²) in [5.74, 6) is 0.234. The van der Waals surface area contributed by atoms with Crippen molar-refractivity contribution >= 4 is 11.7 Å². The Kier molecular flexibility index (Phi) is 3.92. The fourth-order valence-electron chi connectivity index (χ4n) is 2.74. The highest BCUT2D eigenvalue weighted by Crippen LogP contribution is 2.26. The Balaban J connectivity index is 2.02. The highest BCUT2D eigenvalue weighted by atomic mass is 16.2. The zero-order valence-electron chi connectivity index (χ0n) is 14.5. The van der Waals surface area contributed by atoms with Gasteiger partial charge in [0.15, 0.2) is 5.82 Å². The van der Waals surface area contributed by atoms with E-state index in [0.29, 0.717) is 11.5 Å². The van der Waals surface area contributed by atoms with E-state index in [1.54, 1.807) is 24.0 Å². The molecule has 24 heavy (non-hydrogen) atoms. The maximum atomic E-state index is 12.6. The molecule has 0 saturated carbocycles. The molecule has 124 valence electrons. The molecule has 0 atom stereocenters. The molecule has 3 rings (SSSR count). The van der Waals surface area contributed by atoms with Gasteiger partial charge in [-0.2, -0.15) is 10.2 Å². The molecule has 7 nitrogen and oxygen atoms in total. The molecule has 0 spiro atoms. The number of hydrogen-bond acceptors (Lipinski definition) is 4. The van der Waals surface area contributed by atoms with Crippen LogP contribution in [0, 0.1) is 20.8 Å². The van der Waals surface area contributed by atoms with Crippen LogP contribution in [0.3, 0.4) is 0 Å². The second kappa shape index (κ2) is 5.92. The molecular formula is C17H20N6O. The van der Waals surface area contributed by atoms with Crippen molar-refractivity contribution in [1.82, 2.24) is 24.5 Å². The van der Waals surface area contributed by atoms with Crippen LogP contribution in [-0.4, -0.2) is 30.5 Å². The number of pyridine rings is 1. The van der Waals surface area contributed by atoms with Crippen LogP contribution in [0.1, 0.15) is 27.4 Å². The van der Waals surface area contributed by atoms with E-state index in [1.165, 1.54) is 0 Å². The predicted octanol–water partition coefficient (Wildman–Crippen LogP) is 2.39. The quantitative estimate of drug-likeness (QED) is 0.802. The van der Waals surface area contributed by atoms with Crippen molar-refractivity contribution in [3.63, 3.8) is 0 Å². The number of anilines is 1. The monoisotopic (exact) mass is 324 g/mol. The molecule has 3 aromatic rings. The van der Waals surface area contributed by atoms with Gasteiger partial charge in [-0.15, -0.1) is 0 Å². The maximum Gasteiger partial charge on any atom is 0.275 e. The minimum Gasteiger partial charge on any atom is -0.304 e. The zero-order valence-corrected chi connectivity index (χ0v) is 14.5. The minimum atomic E-state index is -0.268. The lowest BCUT2D eigenvalue weighted by molar-refractivity contribution is 0.102. The van der Waals surface area contributed by atoms with E-state index in [9.17, 15) is 4.79 Å². The number of amides is 1. The van der Waals surface area contributed by atoms with E-state index in [-0.39, 0.29) is 5.91 Å². The van der Waals surface area contributed by atoms with Crippen molar-refractivity contribution < 1.29 is 4.79 Å². The number of carbonyl (C=O) groups excluding carboxylic acids is 1. The number of rotatable bonds is 3. The average molecular weight is 324 g/mol. The summed E-state index contributed by atoms with van der Waals surface area (Å²) in [6.45, 7) is 5.72. The van der Waals surface area contributed by atoms with Crippen molar-refractivity contribution in [2.75, 3.05) is 5.32 Å². The van der Waals surface area contributed by atoms with Gasteiger partial charge in [0, 0.05) is 37.6 Å². The van der Waals surface area contributed by atoms with Crippen LogP contribution in [0.5, 0.6) is 0 Å².